The lowest BCUT2D eigenvalue weighted by Gasteiger charge is -2.39. The number of aliphatic hydroxyl groups excluding tert-OH is 4. The summed E-state index contributed by atoms with van der Waals surface area (Å²) in [5.74, 6) is -0.841. The molecule has 0 spiro atoms. The Morgan fingerprint density at radius 1 is 0.660 bits per heavy atom. The number of esters is 2. The van der Waals surface area contributed by atoms with E-state index in [0.717, 1.165) is 44.9 Å². The Labute approximate surface area is 283 Å². The normalized spacial score (nSPS) is 22.2. The van der Waals surface area contributed by atoms with Gasteiger partial charge in [-0.3, -0.25) is 9.59 Å². The van der Waals surface area contributed by atoms with Crippen molar-refractivity contribution in [2.45, 2.75) is 179 Å². The van der Waals surface area contributed by atoms with Crippen LogP contribution in [0, 0.1) is 0 Å². The van der Waals surface area contributed by atoms with E-state index in [0.29, 0.717) is 12.8 Å². The second-order valence-corrected chi connectivity index (χ2v) is 12.7. The van der Waals surface area contributed by atoms with E-state index < -0.39 is 55.4 Å². The Bertz CT molecular complexity index is 830. The van der Waals surface area contributed by atoms with Gasteiger partial charge in [-0.15, -0.1) is 0 Å². The fraction of sp³-hybridized carbons (Fsp3) is 0.838. The number of rotatable bonds is 29. The number of carbonyl (C=O) groups excluding carboxylic acids is 2. The molecule has 1 saturated heterocycles. The summed E-state index contributed by atoms with van der Waals surface area (Å²) in [6.45, 7) is 3.18. The van der Waals surface area contributed by atoms with E-state index in [-0.39, 0.29) is 26.1 Å². The average molecular weight is 671 g/mol. The number of unbranched alkanes of at least 4 members (excludes halogenated alkanes) is 14. The molecule has 0 bridgehead atoms. The van der Waals surface area contributed by atoms with Crippen LogP contribution in [0.2, 0.25) is 0 Å². The Kier molecular flexibility index (Phi) is 26.8. The van der Waals surface area contributed by atoms with E-state index in [1.165, 1.54) is 57.8 Å². The molecule has 0 aromatic carbocycles. The predicted octanol–water partition coefficient (Wildman–Crippen LogP) is 6.21. The van der Waals surface area contributed by atoms with Crippen LogP contribution in [0.15, 0.2) is 24.3 Å². The van der Waals surface area contributed by atoms with Crippen molar-refractivity contribution in [1.29, 1.82) is 0 Å². The average Bonchev–Trinajstić information content (AvgIpc) is 3.06. The zero-order valence-corrected chi connectivity index (χ0v) is 29.3. The maximum absolute atomic E-state index is 12.6. The first-order valence-corrected chi connectivity index (χ1v) is 18.4. The molecule has 10 nitrogen and oxygen atoms in total. The molecule has 0 aromatic heterocycles. The maximum atomic E-state index is 12.6. The Morgan fingerprint density at radius 3 is 1.81 bits per heavy atom. The molecular formula is C37H66O10. The lowest BCUT2D eigenvalue weighted by atomic mass is 9.99. The van der Waals surface area contributed by atoms with Crippen LogP contribution >= 0.6 is 0 Å². The largest absolute Gasteiger partial charge is 0.462 e. The molecule has 10 heteroatoms. The van der Waals surface area contributed by atoms with Crippen LogP contribution in [0.4, 0.5) is 0 Å². The highest BCUT2D eigenvalue weighted by atomic mass is 16.7. The molecule has 6 atom stereocenters. The lowest BCUT2D eigenvalue weighted by molar-refractivity contribution is -0.305. The van der Waals surface area contributed by atoms with Crippen LogP contribution in [0.1, 0.15) is 142 Å². The van der Waals surface area contributed by atoms with Crippen LogP contribution < -0.4 is 0 Å². The fourth-order valence-corrected chi connectivity index (χ4v) is 5.33. The maximum Gasteiger partial charge on any atom is 0.306 e. The molecule has 4 N–H and O–H groups in total. The van der Waals surface area contributed by atoms with E-state index in [1.54, 1.807) is 0 Å². The molecule has 1 aliphatic heterocycles. The van der Waals surface area contributed by atoms with E-state index in [1.807, 2.05) is 6.92 Å². The number of ether oxygens (including phenoxy) is 4. The van der Waals surface area contributed by atoms with Crippen molar-refractivity contribution in [3.63, 3.8) is 0 Å². The zero-order valence-electron chi connectivity index (χ0n) is 29.3. The highest BCUT2D eigenvalue weighted by Gasteiger charge is 2.44. The van der Waals surface area contributed by atoms with Crippen molar-refractivity contribution in [2.75, 3.05) is 19.8 Å². The summed E-state index contributed by atoms with van der Waals surface area (Å²) in [6, 6.07) is 0. The summed E-state index contributed by atoms with van der Waals surface area (Å²) >= 11 is 0. The minimum atomic E-state index is -1.59. The van der Waals surface area contributed by atoms with Gasteiger partial charge in [0.1, 0.15) is 31.0 Å². The minimum Gasteiger partial charge on any atom is -0.462 e. The molecule has 1 fully saturated rings. The SMILES string of the molecule is CCCCC/C=C\C/C=C\CCCCCCCCCCCC(=O)OC(COC(=O)CCCCC)COC1OC(CO)C(O)C(O)C1O. The molecule has 1 aliphatic rings. The van der Waals surface area contributed by atoms with E-state index >= 15 is 0 Å². The molecule has 0 amide bonds. The van der Waals surface area contributed by atoms with Gasteiger partial charge >= 0.3 is 11.9 Å². The summed E-state index contributed by atoms with van der Waals surface area (Å²) in [7, 11) is 0. The third kappa shape index (κ3) is 21.7. The minimum absolute atomic E-state index is 0.221. The summed E-state index contributed by atoms with van der Waals surface area (Å²) < 4.78 is 21.8. The molecular weight excluding hydrogens is 604 g/mol. The van der Waals surface area contributed by atoms with E-state index in [4.69, 9.17) is 18.9 Å². The Morgan fingerprint density at radius 2 is 1.19 bits per heavy atom. The van der Waals surface area contributed by atoms with Crippen molar-refractivity contribution in [2.24, 2.45) is 0 Å². The van der Waals surface area contributed by atoms with Gasteiger partial charge < -0.3 is 39.4 Å². The summed E-state index contributed by atoms with van der Waals surface area (Å²) in [5, 5.41) is 39.6. The van der Waals surface area contributed by atoms with Crippen LogP contribution in [0.3, 0.4) is 0 Å². The lowest BCUT2D eigenvalue weighted by Crippen LogP contribution is -2.59. The molecule has 6 unspecified atom stereocenters. The molecule has 1 rings (SSSR count). The fourth-order valence-electron chi connectivity index (χ4n) is 5.33. The van der Waals surface area contributed by atoms with Gasteiger partial charge in [-0.1, -0.05) is 109 Å². The highest BCUT2D eigenvalue weighted by molar-refractivity contribution is 5.70. The van der Waals surface area contributed by atoms with Crippen LogP contribution in [-0.2, 0) is 28.5 Å². The standard InChI is InChI=1S/C37H66O10/c1-3-5-7-8-9-10-11-12-13-14-15-16-17-18-19-20-21-22-24-26-33(40)46-30(28-44-32(39)25-23-6-4-2)29-45-37-36(43)35(42)34(41)31(27-38)47-37/h9-10,12-13,30-31,34-38,41-43H,3-8,11,14-29H2,1-2H3/b10-9-,13-12-. The van der Waals surface area contributed by atoms with Crippen LogP contribution in [0.5, 0.6) is 0 Å². The first kappa shape index (κ1) is 43.2. The van der Waals surface area contributed by atoms with Gasteiger partial charge in [-0.05, 0) is 44.9 Å². The number of allylic oxidation sites excluding steroid dienone is 4. The summed E-state index contributed by atoms with van der Waals surface area (Å²) in [4.78, 5) is 24.7. The van der Waals surface area contributed by atoms with Gasteiger partial charge in [0.25, 0.3) is 0 Å². The van der Waals surface area contributed by atoms with Gasteiger partial charge in [0, 0.05) is 12.8 Å². The topological polar surface area (TPSA) is 152 Å². The van der Waals surface area contributed by atoms with Crippen LogP contribution in [0.25, 0.3) is 0 Å². The summed E-state index contributed by atoms with van der Waals surface area (Å²) in [6.07, 6.45) is 21.4. The van der Waals surface area contributed by atoms with E-state index in [2.05, 4.69) is 31.2 Å². The molecule has 0 aromatic rings. The first-order valence-electron chi connectivity index (χ1n) is 18.4. The van der Waals surface area contributed by atoms with Gasteiger partial charge in [0.15, 0.2) is 12.4 Å². The molecule has 0 saturated carbocycles. The third-order valence-corrected chi connectivity index (χ3v) is 8.34. The molecule has 1 heterocycles. The smallest absolute Gasteiger partial charge is 0.306 e. The Hall–Kier alpha value is -1.82. The van der Waals surface area contributed by atoms with Gasteiger partial charge in [0.05, 0.1) is 13.2 Å². The summed E-state index contributed by atoms with van der Waals surface area (Å²) in [5.41, 5.74) is 0. The van der Waals surface area contributed by atoms with Gasteiger partial charge in [-0.2, -0.15) is 0 Å². The zero-order chi connectivity index (χ0) is 34.5. The quantitative estimate of drug-likeness (QED) is 0.0411. The van der Waals surface area contributed by atoms with Crippen molar-refractivity contribution in [3.05, 3.63) is 24.3 Å². The van der Waals surface area contributed by atoms with Crippen molar-refractivity contribution in [3.8, 4) is 0 Å². The van der Waals surface area contributed by atoms with Crippen molar-refractivity contribution in [1.82, 2.24) is 0 Å². The first-order chi connectivity index (χ1) is 22.8. The highest BCUT2D eigenvalue weighted by Crippen LogP contribution is 2.22. The third-order valence-electron chi connectivity index (χ3n) is 8.34. The van der Waals surface area contributed by atoms with Crippen molar-refractivity contribution < 1.29 is 49.0 Å². The molecule has 47 heavy (non-hydrogen) atoms. The number of carbonyl (C=O) groups is 2. The monoisotopic (exact) mass is 670 g/mol. The predicted molar refractivity (Wildman–Crippen MR) is 183 cm³/mol. The van der Waals surface area contributed by atoms with Crippen molar-refractivity contribution >= 4 is 11.9 Å². The second-order valence-electron chi connectivity index (χ2n) is 12.7. The number of hydrogen-bond donors (Lipinski definition) is 4. The van der Waals surface area contributed by atoms with Crippen LogP contribution in [-0.4, -0.2) is 89.0 Å². The number of hydrogen-bond acceptors (Lipinski definition) is 10. The van der Waals surface area contributed by atoms with Gasteiger partial charge in [0.2, 0.25) is 0 Å². The number of aliphatic hydroxyl groups is 4. The van der Waals surface area contributed by atoms with Gasteiger partial charge in [-0.25, -0.2) is 0 Å². The molecule has 0 aliphatic carbocycles. The van der Waals surface area contributed by atoms with E-state index in [9.17, 15) is 30.0 Å². The second kappa shape index (κ2) is 29.1. The molecule has 0 radical (unpaired) electrons. The Balaban J connectivity index is 2.26. The molecule has 274 valence electrons.